The van der Waals surface area contributed by atoms with Gasteiger partial charge in [-0.15, -0.1) is 5.10 Å². The van der Waals surface area contributed by atoms with Crippen molar-refractivity contribution in [2.24, 2.45) is 5.41 Å². The second-order valence-electron chi connectivity index (χ2n) is 10.3. The standard InChI is InChI=1S/C25H32F3N3O4/c1-15-12-18(21(32)24(5)10-7-11-31(14-24)22(33)35-23(2,3)4)29-30-20(15)17-9-8-16(25(26,27)28)13-19(17)34-6/h8-9,12-13,21,32H,7,10-11,14H2,1-6H3. The molecule has 1 saturated heterocycles. The van der Waals surface area contributed by atoms with E-state index in [1.807, 2.05) is 6.92 Å². The molecule has 2 atom stereocenters. The number of methoxy groups -OCH3 is 1. The van der Waals surface area contributed by atoms with Gasteiger partial charge >= 0.3 is 12.3 Å². The lowest BCUT2D eigenvalue weighted by Crippen LogP contribution is -2.49. The first-order valence-electron chi connectivity index (χ1n) is 11.4. The number of aliphatic hydroxyl groups excluding tert-OH is 1. The summed E-state index contributed by atoms with van der Waals surface area (Å²) in [6.07, 6.45) is -4.57. The Morgan fingerprint density at radius 1 is 1.20 bits per heavy atom. The number of hydrogen-bond acceptors (Lipinski definition) is 6. The monoisotopic (exact) mass is 495 g/mol. The highest BCUT2D eigenvalue weighted by Crippen LogP contribution is 2.42. The summed E-state index contributed by atoms with van der Waals surface area (Å²) in [5, 5.41) is 19.6. The van der Waals surface area contributed by atoms with Gasteiger partial charge in [0.1, 0.15) is 17.5 Å². The van der Waals surface area contributed by atoms with Crippen molar-refractivity contribution in [1.29, 1.82) is 0 Å². The van der Waals surface area contributed by atoms with Gasteiger partial charge in [0.15, 0.2) is 0 Å². The van der Waals surface area contributed by atoms with Crippen LogP contribution in [0.25, 0.3) is 11.3 Å². The summed E-state index contributed by atoms with van der Waals surface area (Å²) in [6, 6.07) is 4.86. The zero-order valence-electron chi connectivity index (χ0n) is 20.9. The molecule has 0 radical (unpaired) electrons. The van der Waals surface area contributed by atoms with Crippen LogP contribution >= 0.6 is 0 Å². The third kappa shape index (κ3) is 6.04. The fraction of sp³-hybridized carbons (Fsp3) is 0.560. The topological polar surface area (TPSA) is 84.8 Å². The Morgan fingerprint density at radius 3 is 2.46 bits per heavy atom. The Kier molecular flexibility index (Phi) is 7.36. The van der Waals surface area contributed by atoms with Gasteiger partial charge in [0.2, 0.25) is 0 Å². The maximum Gasteiger partial charge on any atom is 0.416 e. The number of halogens is 3. The summed E-state index contributed by atoms with van der Waals surface area (Å²) in [7, 11) is 1.29. The largest absolute Gasteiger partial charge is 0.496 e. The molecule has 2 unspecified atom stereocenters. The van der Waals surface area contributed by atoms with Crippen LogP contribution in [-0.4, -0.2) is 52.1 Å². The number of ether oxygens (including phenoxy) is 2. The SMILES string of the molecule is COc1cc(C(F)(F)F)ccc1-c1nnc(C(O)C2(C)CCCN(C(=O)OC(C)(C)C)C2)cc1C. The van der Waals surface area contributed by atoms with Crippen LogP contribution in [0.2, 0.25) is 0 Å². The van der Waals surface area contributed by atoms with Crippen molar-refractivity contribution in [3.05, 3.63) is 41.1 Å². The number of hydrogen-bond donors (Lipinski definition) is 1. The van der Waals surface area contributed by atoms with Gasteiger partial charge in [-0.05, 0) is 70.4 Å². The quantitative estimate of drug-likeness (QED) is 0.599. The van der Waals surface area contributed by atoms with E-state index in [1.165, 1.54) is 13.2 Å². The molecule has 0 bridgehead atoms. The van der Waals surface area contributed by atoms with Crippen molar-refractivity contribution in [1.82, 2.24) is 15.1 Å². The van der Waals surface area contributed by atoms with Crippen LogP contribution in [0.4, 0.5) is 18.0 Å². The summed E-state index contributed by atoms with van der Waals surface area (Å²) in [4.78, 5) is 14.2. The number of nitrogens with zero attached hydrogens (tertiary/aromatic N) is 3. The molecule has 1 fully saturated rings. The van der Waals surface area contributed by atoms with E-state index >= 15 is 0 Å². The molecule has 1 amide bonds. The lowest BCUT2D eigenvalue weighted by molar-refractivity contribution is -0.137. The molecule has 0 aliphatic carbocycles. The Morgan fingerprint density at radius 2 is 1.89 bits per heavy atom. The van der Waals surface area contributed by atoms with Crippen LogP contribution in [0.1, 0.15) is 63.5 Å². The molecule has 2 heterocycles. The van der Waals surface area contributed by atoms with Gasteiger partial charge in [0.05, 0.1) is 24.1 Å². The molecule has 1 aromatic carbocycles. The summed E-state index contributed by atoms with van der Waals surface area (Å²) in [5.74, 6) is 0.0257. The van der Waals surface area contributed by atoms with Crippen molar-refractivity contribution in [3.63, 3.8) is 0 Å². The number of alkyl halides is 3. The van der Waals surface area contributed by atoms with Gasteiger partial charge in [-0.25, -0.2) is 4.79 Å². The highest BCUT2D eigenvalue weighted by atomic mass is 19.4. The molecule has 10 heteroatoms. The van der Waals surface area contributed by atoms with Gasteiger partial charge in [-0.1, -0.05) is 6.92 Å². The molecule has 0 spiro atoms. The third-order valence-corrected chi connectivity index (χ3v) is 6.11. The number of aryl methyl sites for hydroxylation is 1. The predicted octanol–water partition coefficient (Wildman–Crippen LogP) is 5.55. The number of likely N-dealkylation sites (tertiary alicyclic amines) is 1. The van der Waals surface area contributed by atoms with E-state index in [1.54, 1.807) is 38.7 Å². The Bertz CT molecular complexity index is 1080. The number of aromatic nitrogens is 2. The van der Waals surface area contributed by atoms with Crippen molar-refractivity contribution < 1.29 is 32.5 Å². The van der Waals surface area contributed by atoms with Crippen molar-refractivity contribution >= 4 is 6.09 Å². The Hall–Kier alpha value is -2.88. The van der Waals surface area contributed by atoms with E-state index in [9.17, 15) is 23.1 Å². The molecule has 1 N–H and O–H groups in total. The molecule has 1 aromatic heterocycles. The van der Waals surface area contributed by atoms with Crippen molar-refractivity contribution in [2.75, 3.05) is 20.2 Å². The van der Waals surface area contributed by atoms with Crippen molar-refractivity contribution in [3.8, 4) is 17.0 Å². The van der Waals surface area contributed by atoms with Gasteiger partial charge in [0, 0.05) is 24.1 Å². The minimum absolute atomic E-state index is 0.0257. The fourth-order valence-corrected chi connectivity index (χ4v) is 4.30. The molecule has 35 heavy (non-hydrogen) atoms. The zero-order valence-corrected chi connectivity index (χ0v) is 20.9. The van der Waals surface area contributed by atoms with Crippen LogP contribution in [0.15, 0.2) is 24.3 Å². The minimum atomic E-state index is -4.50. The molecular weight excluding hydrogens is 463 g/mol. The molecule has 3 rings (SSSR count). The number of benzene rings is 1. The number of rotatable bonds is 4. The zero-order chi connectivity index (χ0) is 26.2. The highest BCUT2D eigenvalue weighted by molar-refractivity contribution is 5.70. The smallest absolute Gasteiger partial charge is 0.416 e. The number of aliphatic hydroxyl groups is 1. The molecule has 1 aliphatic heterocycles. The van der Waals surface area contributed by atoms with Crippen LogP contribution in [0.3, 0.4) is 0 Å². The first kappa shape index (κ1) is 26.7. The molecule has 2 aromatic rings. The van der Waals surface area contributed by atoms with Crippen LogP contribution < -0.4 is 4.74 Å². The molecule has 192 valence electrons. The van der Waals surface area contributed by atoms with E-state index in [0.717, 1.165) is 12.1 Å². The number of carbonyl (C=O) groups excluding carboxylic acids is 1. The maximum atomic E-state index is 13.1. The van der Waals surface area contributed by atoms with E-state index in [0.29, 0.717) is 41.9 Å². The first-order chi connectivity index (χ1) is 16.1. The first-order valence-corrected chi connectivity index (χ1v) is 11.4. The molecule has 1 aliphatic rings. The van der Waals surface area contributed by atoms with Gasteiger partial charge < -0.3 is 19.5 Å². The van der Waals surface area contributed by atoms with E-state index in [4.69, 9.17) is 9.47 Å². The average Bonchev–Trinajstić information content (AvgIpc) is 2.76. The predicted molar refractivity (Wildman–Crippen MR) is 124 cm³/mol. The highest BCUT2D eigenvalue weighted by Gasteiger charge is 2.41. The van der Waals surface area contributed by atoms with E-state index in [2.05, 4.69) is 10.2 Å². The van der Waals surface area contributed by atoms with Gasteiger partial charge in [0.25, 0.3) is 0 Å². The lowest BCUT2D eigenvalue weighted by Gasteiger charge is -2.43. The molecular formula is C25H32F3N3O4. The summed E-state index contributed by atoms with van der Waals surface area (Å²) < 4.78 is 49.9. The normalized spacial score (nSPS) is 19.9. The lowest BCUT2D eigenvalue weighted by atomic mass is 9.75. The van der Waals surface area contributed by atoms with Gasteiger partial charge in [-0.3, -0.25) is 0 Å². The average molecular weight is 496 g/mol. The number of carbonyl (C=O) groups is 1. The maximum absolute atomic E-state index is 13.1. The third-order valence-electron chi connectivity index (χ3n) is 6.11. The summed E-state index contributed by atoms with van der Waals surface area (Å²) in [6.45, 7) is 9.86. The van der Waals surface area contributed by atoms with E-state index < -0.39 is 35.0 Å². The summed E-state index contributed by atoms with van der Waals surface area (Å²) in [5.41, 5.74) is -0.454. The van der Waals surface area contributed by atoms with Gasteiger partial charge in [-0.2, -0.15) is 18.3 Å². The fourth-order valence-electron chi connectivity index (χ4n) is 4.30. The Balaban J connectivity index is 1.86. The number of amides is 1. The van der Waals surface area contributed by atoms with Crippen LogP contribution in [0, 0.1) is 12.3 Å². The molecule has 7 nitrogen and oxygen atoms in total. The second kappa shape index (κ2) is 9.64. The van der Waals surface area contributed by atoms with Crippen LogP contribution in [0.5, 0.6) is 5.75 Å². The van der Waals surface area contributed by atoms with Crippen molar-refractivity contribution in [2.45, 2.75) is 65.3 Å². The molecule has 0 saturated carbocycles. The minimum Gasteiger partial charge on any atom is -0.496 e. The summed E-state index contributed by atoms with van der Waals surface area (Å²) >= 11 is 0. The Labute approximate surface area is 203 Å². The van der Waals surface area contributed by atoms with E-state index in [-0.39, 0.29) is 12.3 Å². The second-order valence-corrected chi connectivity index (χ2v) is 10.3. The van der Waals surface area contributed by atoms with Crippen LogP contribution in [-0.2, 0) is 10.9 Å². The number of piperidine rings is 1.